The van der Waals surface area contributed by atoms with Gasteiger partial charge in [-0.25, -0.2) is 0 Å². The number of fused-ring (bicyclic) bond motifs is 4. The molecule has 1 nitrogen and oxygen atoms in total. The van der Waals surface area contributed by atoms with Gasteiger partial charge in [-0.15, -0.1) is 0 Å². The van der Waals surface area contributed by atoms with E-state index in [4.69, 9.17) is 11.0 Å². The highest BCUT2D eigenvalue weighted by Gasteiger charge is 2.73. The number of para-hydroxylation sites is 2. The van der Waals surface area contributed by atoms with Crippen LogP contribution in [0, 0.1) is 0 Å². The van der Waals surface area contributed by atoms with Crippen LogP contribution in [0.4, 0.5) is 0 Å². The molecule has 1 unspecified atom stereocenters. The first-order valence-corrected chi connectivity index (χ1v) is 20.6. The highest BCUT2D eigenvalue weighted by molar-refractivity contribution is 8.12. The predicted octanol–water partition coefficient (Wildman–Crippen LogP) is 4.55. The number of rotatable bonds is 3. The molecule has 2 aliphatic heterocycles. The molecular weight excluding hydrogens is 500 g/mol. The van der Waals surface area contributed by atoms with E-state index in [1.807, 2.05) is 0 Å². The summed E-state index contributed by atoms with van der Waals surface area (Å²) in [6.45, 7) is 2.46. The molecule has 2 aliphatic rings. The molecule has 178 valence electrons. The van der Waals surface area contributed by atoms with E-state index in [1.54, 1.807) is 10.4 Å². The van der Waals surface area contributed by atoms with Crippen LogP contribution in [0.5, 0.6) is 11.5 Å². The van der Waals surface area contributed by atoms with Crippen LogP contribution in [0.3, 0.4) is 0 Å². The van der Waals surface area contributed by atoms with Gasteiger partial charge in [-0.2, -0.15) is 0 Å². The van der Waals surface area contributed by atoms with Crippen LogP contribution < -0.4 is 30.7 Å². The Bertz CT molecular complexity index is 1590. The molecule has 7 rings (SSSR count). The van der Waals surface area contributed by atoms with Crippen molar-refractivity contribution in [3.05, 3.63) is 139 Å². The SMILES string of the molecule is C=[P+](C)[Si]1([Si]2(c3ccccc3)c3ccccc3Oc3ccccc32)c2ccccc2Cc2ccccc21. The molecule has 5 aromatic carbocycles. The molecular formula is C33H28OPSi2+. The van der Waals surface area contributed by atoms with Crippen LogP contribution >= 0.6 is 7.09 Å². The summed E-state index contributed by atoms with van der Waals surface area (Å²) in [4.78, 5) is 0. The first-order valence-electron chi connectivity index (χ1n) is 12.8. The molecule has 1 atom stereocenters. The zero-order valence-corrected chi connectivity index (χ0v) is 23.8. The summed E-state index contributed by atoms with van der Waals surface area (Å²) >= 11 is 0. The van der Waals surface area contributed by atoms with Crippen molar-refractivity contribution in [3.63, 3.8) is 0 Å². The first-order chi connectivity index (χ1) is 18.2. The number of hydrogen-bond acceptors (Lipinski definition) is 1. The summed E-state index contributed by atoms with van der Waals surface area (Å²) in [6, 6.07) is 47.8. The fourth-order valence-electron chi connectivity index (χ4n) is 7.10. The second-order valence-electron chi connectivity index (χ2n) is 10.1. The van der Waals surface area contributed by atoms with Gasteiger partial charge in [-0.05, 0) is 55.6 Å². The van der Waals surface area contributed by atoms with Crippen molar-refractivity contribution in [1.82, 2.24) is 0 Å². The van der Waals surface area contributed by atoms with Gasteiger partial charge in [0.05, 0.1) is 13.0 Å². The highest BCUT2D eigenvalue weighted by atomic mass is 31.4. The fraction of sp³-hybridized carbons (Fsp3) is 0.0606. The summed E-state index contributed by atoms with van der Waals surface area (Å²) < 4.78 is 6.69. The summed E-state index contributed by atoms with van der Waals surface area (Å²) in [5.41, 5.74) is 2.96. The van der Waals surface area contributed by atoms with E-state index in [9.17, 15) is 0 Å². The van der Waals surface area contributed by atoms with Crippen LogP contribution in [0.25, 0.3) is 0 Å². The van der Waals surface area contributed by atoms with Crippen LogP contribution in [0.2, 0.25) is 0 Å². The molecule has 0 saturated carbocycles. The maximum Gasteiger partial charge on any atom is 0.345 e. The van der Waals surface area contributed by atoms with Gasteiger partial charge in [0, 0.05) is 7.09 Å². The quantitative estimate of drug-likeness (QED) is 0.247. The lowest BCUT2D eigenvalue weighted by molar-refractivity contribution is 0.487. The number of ether oxygens (including phenoxy) is 1. The fourth-order valence-corrected chi connectivity index (χ4v) is 39.2. The monoisotopic (exact) mass is 527 g/mol. The third-order valence-electron chi connectivity index (χ3n) is 8.32. The van der Waals surface area contributed by atoms with Gasteiger partial charge in [-0.3, -0.25) is 0 Å². The Kier molecular flexibility index (Phi) is 5.23. The summed E-state index contributed by atoms with van der Waals surface area (Å²) in [6.07, 6.45) is 6.03. The molecule has 5 aromatic rings. The molecule has 0 saturated heterocycles. The minimum atomic E-state index is -2.73. The van der Waals surface area contributed by atoms with Gasteiger partial charge in [-0.1, -0.05) is 115 Å². The van der Waals surface area contributed by atoms with Gasteiger partial charge in [0.1, 0.15) is 11.5 Å². The largest absolute Gasteiger partial charge is 0.458 e. The molecule has 0 bridgehead atoms. The van der Waals surface area contributed by atoms with Crippen molar-refractivity contribution in [2.45, 2.75) is 6.42 Å². The minimum absolute atomic E-state index is 0.625. The van der Waals surface area contributed by atoms with Gasteiger partial charge >= 0.3 is 7.26 Å². The smallest absolute Gasteiger partial charge is 0.345 e. The number of benzene rings is 5. The summed E-state index contributed by atoms with van der Waals surface area (Å²) in [5.74, 6) is 2.03. The van der Waals surface area contributed by atoms with Crippen LogP contribution in [0.1, 0.15) is 11.1 Å². The topological polar surface area (TPSA) is 9.23 Å². The van der Waals surface area contributed by atoms with Gasteiger partial charge in [0.2, 0.25) is 7.59 Å². The number of hydrogen-bond donors (Lipinski definition) is 0. The standard InChI is InChI=1S/C33H28OPSi2/c1-35(2)37(30-20-10-6-14-25(30)24-26-15-7-11-21-31(26)37)36(27-16-4-3-5-17-27)32-22-12-8-18-28(32)34-29-19-9-13-23-33(29)36/h3-23H,1,24H2,2H3/q+1. The van der Waals surface area contributed by atoms with E-state index in [0.717, 1.165) is 17.9 Å². The van der Waals surface area contributed by atoms with Crippen molar-refractivity contribution in [2.24, 2.45) is 0 Å². The van der Waals surface area contributed by atoms with Crippen molar-refractivity contribution in [1.29, 1.82) is 0 Å². The third kappa shape index (κ3) is 2.94. The van der Waals surface area contributed by atoms with Crippen molar-refractivity contribution in [3.8, 4) is 11.5 Å². The molecule has 0 radical (unpaired) electrons. The average Bonchev–Trinajstić information content (AvgIpc) is 2.95. The highest BCUT2D eigenvalue weighted by Crippen LogP contribution is 2.45. The van der Waals surface area contributed by atoms with Gasteiger partial charge < -0.3 is 4.74 Å². The molecule has 0 N–H and O–H groups in total. The maximum atomic E-state index is 6.69. The predicted molar refractivity (Wildman–Crippen MR) is 165 cm³/mol. The Morgan fingerprint density at radius 1 is 0.568 bits per heavy atom. The zero-order valence-electron chi connectivity index (χ0n) is 20.9. The molecule has 37 heavy (non-hydrogen) atoms. The third-order valence-corrected chi connectivity index (χ3v) is 35.4. The van der Waals surface area contributed by atoms with Gasteiger partial charge in [0.25, 0.3) is 0 Å². The average molecular weight is 528 g/mol. The first kappa shape index (κ1) is 22.7. The second kappa shape index (κ2) is 8.53. The molecule has 0 amide bonds. The lowest BCUT2D eigenvalue weighted by Gasteiger charge is -2.48. The second-order valence-corrected chi connectivity index (χ2v) is 27.2. The van der Waals surface area contributed by atoms with Crippen molar-refractivity contribution >= 4 is 54.2 Å². The van der Waals surface area contributed by atoms with E-state index in [-0.39, 0.29) is 0 Å². The minimum Gasteiger partial charge on any atom is -0.458 e. The van der Waals surface area contributed by atoms with Gasteiger partial charge in [0.15, 0.2) is 0 Å². The Labute approximate surface area is 221 Å². The Balaban J connectivity index is 1.79. The Hall–Kier alpha value is -3.50. The maximum absolute atomic E-state index is 6.69. The van der Waals surface area contributed by atoms with E-state index in [1.165, 1.54) is 26.7 Å². The lowest BCUT2D eigenvalue weighted by atomic mass is 10.0. The van der Waals surface area contributed by atoms with Crippen molar-refractivity contribution in [2.75, 3.05) is 6.66 Å². The summed E-state index contributed by atoms with van der Waals surface area (Å²) in [5, 5.41) is 7.43. The molecule has 0 spiro atoms. The van der Waals surface area contributed by atoms with Crippen LogP contribution in [-0.4, -0.2) is 27.8 Å². The van der Waals surface area contributed by atoms with Crippen LogP contribution in [0.15, 0.2) is 127 Å². The zero-order chi connectivity index (χ0) is 25.0. The Morgan fingerprint density at radius 3 is 1.51 bits per heavy atom. The van der Waals surface area contributed by atoms with E-state index < -0.39 is 21.9 Å². The van der Waals surface area contributed by atoms with E-state index >= 15 is 0 Å². The van der Waals surface area contributed by atoms with Crippen LogP contribution in [-0.2, 0) is 6.42 Å². The molecule has 0 aromatic heterocycles. The normalized spacial score (nSPS) is 16.3. The van der Waals surface area contributed by atoms with E-state index in [2.05, 4.69) is 134 Å². The molecule has 0 fully saturated rings. The summed E-state index contributed by atoms with van der Waals surface area (Å²) in [7, 11) is -5.94. The molecule has 0 aliphatic carbocycles. The van der Waals surface area contributed by atoms with E-state index in [0.29, 0.717) is 0 Å². The lowest BCUT2D eigenvalue weighted by Crippen LogP contribution is -2.90. The Morgan fingerprint density at radius 2 is 1.00 bits per heavy atom. The van der Waals surface area contributed by atoms with Crippen molar-refractivity contribution < 1.29 is 4.74 Å². The molecule has 4 heteroatoms. The molecule has 2 heterocycles.